The van der Waals surface area contributed by atoms with Crippen molar-refractivity contribution in [3.8, 4) is 0 Å². The molecule has 0 fully saturated rings. The number of carbonyl (C=O) groups excluding carboxylic acids is 1. The summed E-state index contributed by atoms with van der Waals surface area (Å²) in [7, 11) is 0. The van der Waals surface area contributed by atoms with E-state index >= 15 is 0 Å². The molecule has 0 aliphatic rings. The minimum atomic E-state index is -0.208. The molecule has 0 aromatic heterocycles. The van der Waals surface area contributed by atoms with Crippen LogP contribution in [0.25, 0.3) is 0 Å². The number of esters is 1. The third-order valence-electron chi connectivity index (χ3n) is 4.36. The van der Waals surface area contributed by atoms with Crippen molar-refractivity contribution in [1.29, 1.82) is 0 Å². The molecule has 0 N–H and O–H groups in total. The number of rotatable bonds is 13. The molecule has 0 amide bonds. The number of halogens is 1. The summed E-state index contributed by atoms with van der Waals surface area (Å²) in [6.07, 6.45) is 13.5. The Bertz CT molecular complexity index is 459. The molecule has 1 aromatic carbocycles. The molecule has 24 heavy (non-hydrogen) atoms. The zero-order valence-electron chi connectivity index (χ0n) is 15.4. The summed E-state index contributed by atoms with van der Waals surface area (Å²) in [6, 6.07) is 7.47. The molecule has 3 heteroatoms. The van der Waals surface area contributed by atoms with E-state index in [1.54, 1.807) is 0 Å². The first-order valence-electron chi connectivity index (χ1n) is 9.64. The lowest BCUT2D eigenvalue weighted by Crippen LogP contribution is -2.18. The van der Waals surface area contributed by atoms with Gasteiger partial charge < -0.3 is 4.74 Å². The third kappa shape index (κ3) is 8.86. The van der Waals surface area contributed by atoms with Crippen molar-refractivity contribution in [2.24, 2.45) is 0 Å². The predicted molar refractivity (Wildman–Crippen MR) is 105 cm³/mol. The van der Waals surface area contributed by atoms with Gasteiger partial charge in [0.25, 0.3) is 0 Å². The van der Waals surface area contributed by atoms with Gasteiger partial charge in [0, 0.05) is 4.47 Å². The largest absolute Gasteiger partial charge is 0.459 e. The summed E-state index contributed by atoms with van der Waals surface area (Å²) in [5, 5.41) is 0. The van der Waals surface area contributed by atoms with Crippen molar-refractivity contribution in [2.45, 2.75) is 90.6 Å². The molecule has 2 nitrogen and oxygen atoms in total. The van der Waals surface area contributed by atoms with Crippen molar-refractivity contribution in [2.75, 3.05) is 0 Å². The topological polar surface area (TPSA) is 26.3 Å². The zero-order chi connectivity index (χ0) is 17.6. The average Bonchev–Trinajstić information content (AvgIpc) is 2.57. The normalized spacial score (nSPS) is 12.1. The summed E-state index contributed by atoms with van der Waals surface area (Å²) in [4.78, 5) is 12.3. The van der Waals surface area contributed by atoms with Gasteiger partial charge in [0.2, 0.25) is 0 Å². The highest BCUT2D eigenvalue weighted by atomic mass is 79.9. The van der Waals surface area contributed by atoms with E-state index in [1.807, 2.05) is 24.3 Å². The van der Waals surface area contributed by atoms with Crippen LogP contribution in [0.5, 0.6) is 0 Å². The van der Waals surface area contributed by atoms with E-state index in [9.17, 15) is 4.79 Å². The first kappa shape index (κ1) is 21.2. The Morgan fingerprint density at radius 1 is 0.917 bits per heavy atom. The second-order valence-corrected chi connectivity index (χ2v) is 7.41. The number of ether oxygens (including phenoxy) is 1. The van der Waals surface area contributed by atoms with Crippen LogP contribution in [0.2, 0.25) is 0 Å². The fourth-order valence-electron chi connectivity index (χ4n) is 2.93. The van der Waals surface area contributed by atoms with Crippen LogP contribution in [0.15, 0.2) is 28.7 Å². The SMILES string of the molecule is CCCCCCCCCCC(CCC)OC(=O)c1ccccc1Br. The van der Waals surface area contributed by atoms with Crippen LogP contribution in [0, 0.1) is 0 Å². The lowest BCUT2D eigenvalue weighted by atomic mass is 10.0. The maximum absolute atomic E-state index is 12.3. The van der Waals surface area contributed by atoms with Gasteiger partial charge >= 0.3 is 5.97 Å². The second-order valence-electron chi connectivity index (χ2n) is 6.56. The second kappa shape index (κ2) is 13.5. The van der Waals surface area contributed by atoms with Gasteiger partial charge in [-0.25, -0.2) is 4.79 Å². The highest BCUT2D eigenvalue weighted by Gasteiger charge is 2.17. The van der Waals surface area contributed by atoms with Crippen LogP contribution in [-0.4, -0.2) is 12.1 Å². The van der Waals surface area contributed by atoms with Crippen LogP contribution in [0.4, 0.5) is 0 Å². The van der Waals surface area contributed by atoms with Gasteiger partial charge in [-0.3, -0.25) is 0 Å². The Kier molecular flexibility index (Phi) is 11.9. The molecule has 0 saturated carbocycles. The van der Waals surface area contributed by atoms with Gasteiger partial charge in [0.05, 0.1) is 5.56 Å². The first-order valence-corrected chi connectivity index (χ1v) is 10.4. The lowest BCUT2D eigenvalue weighted by Gasteiger charge is -2.17. The van der Waals surface area contributed by atoms with E-state index in [-0.39, 0.29) is 12.1 Å². The minimum absolute atomic E-state index is 0.0506. The van der Waals surface area contributed by atoms with Crippen molar-refractivity contribution in [1.82, 2.24) is 0 Å². The molecule has 0 bridgehead atoms. The van der Waals surface area contributed by atoms with E-state index in [1.165, 1.54) is 44.9 Å². The third-order valence-corrected chi connectivity index (χ3v) is 5.05. The van der Waals surface area contributed by atoms with Gasteiger partial charge in [0.15, 0.2) is 0 Å². The fraction of sp³-hybridized carbons (Fsp3) is 0.667. The van der Waals surface area contributed by atoms with E-state index in [2.05, 4.69) is 29.8 Å². The molecular formula is C21H33BrO2. The number of hydrogen-bond donors (Lipinski definition) is 0. The Morgan fingerprint density at radius 3 is 2.17 bits per heavy atom. The van der Waals surface area contributed by atoms with Crippen molar-refractivity contribution in [3.05, 3.63) is 34.3 Å². The standard InChI is InChI=1S/C21H33BrO2/c1-3-5-6-7-8-9-10-11-15-18(14-4-2)24-21(23)19-16-12-13-17-20(19)22/h12-13,16-18H,3-11,14-15H2,1-2H3. The maximum atomic E-state index is 12.3. The maximum Gasteiger partial charge on any atom is 0.339 e. The van der Waals surface area contributed by atoms with Crippen LogP contribution < -0.4 is 0 Å². The summed E-state index contributed by atoms with van der Waals surface area (Å²) < 4.78 is 6.55. The monoisotopic (exact) mass is 396 g/mol. The quantitative estimate of drug-likeness (QED) is 0.258. The molecule has 1 aromatic rings. The molecule has 0 aliphatic heterocycles. The van der Waals surface area contributed by atoms with Gasteiger partial charge in [-0.15, -0.1) is 0 Å². The molecule has 1 atom stereocenters. The van der Waals surface area contributed by atoms with E-state index in [0.29, 0.717) is 5.56 Å². The molecule has 0 saturated heterocycles. The smallest absolute Gasteiger partial charge is 0.339 e. The van der Waals surface area contributed by atoms with Crippen molar-refractivity contribution in [3.63, 3.8) is 0 Å². The fourth-order valence-corrected chi connectivity index (χ4v) is 3.38. The van der Waals surface area contributed by atoms with Crippen LogP contribution in [-0.2, 0) is 4.74 Å². The summed E-state index contributed by atoms with van der Waals surface area (Å²) in [6.45, 7) is 4.40. The predicted octanol–water partition coefficient (Wildman–Crippen LogP) is 7.31. The number of benzene rings is 1. The van der Waals surface area contributed by atoms with Gasteiger partial charge in [-0.1, -0.05) is 77.3 Å². The molecule has 1 unspecified atom stereocenters. The molecule has 1 rings (SSSR count). The first-order chi connectivity index (χ1) is 11.7. The van der Waals surface area contributed by atoms with Crippen molar-refractivity contribution >= 4 is 21.9 Å². The van der Waals surface area contributed by atoms with Gasteiger partial charge in [-0.05, 0) is 47.3 Å². The Hall–Kier alpha value is -0.830. The van der Waals surface area contributed by atoms with Crippen LogP contribution in [0.3, 0.4) is 0 Å². The van der Waals surface area contributed by atoms with E-state index in [4.69, 9.17) is 4.74 Å². The molecule has 136 valence electrons. The molecule has 0 radical (unpaired) electrons. The molecular weight excluding hydrogens is 364 g/mol. The summed E-state index contributed by atoms with van der Waals surface area (Å²) >= 11 is 3.42. The van der Waals surface area contributed by atoms with E-state index < -0.39 is 0 Å². The average molecular weight is 397 g/mol. The Labute approximate surface area is 156 Å². The summed E-state index contributed by atoms with van der Waals surface area (Å²) in [5.41, 5.74) is 0.620. The zero-order valence-corrected chi connectivity index (χ0v) is 16.9. The summed E-state index contributed by atoms with van der Waals surface area (Å²) in [5.74, 6) is -0.208. The molecule has 0 spiro atoms. The number of carbonyl (C=O) groups is 1. The highest BCUT2D eigenvalue weighted by Crippen LogP contribution is 2.20. The molecule has 0 heterocycles. The Balaban J connectivity index is 2.28. The Morgan fingerprint density at radius 2 is 1.54 bits per heavy atom. The van der Waals surface area contributed by atoms with Gasteiger partial charge in [-0.2, -0.15) is 0 Å². The molecule has 0 aliphatic carbocycles. The van der Waals surface area contributed by atoms with Gasteiger partial charge in [0.1, 0.15) is 6.10 Å². The number of unbranched alkanes of at least 4 members (excludes halogenated alkanes) is 7. The number of hydrogen-bond acceptors (Lipinski definition) is 2. The van der Waals surface area contributed by atoms with E-state index in [0.717, 1.165) is 30.2 Å². The minimum Gasteiger partial charge on any atom is -0.459 e. The van der Waals surface area contributed by atoms with Crippen LogP contribution in [0.1, 0.15) is 94.8 Å². The van der Waals surface area contributed by atoms with Crippen molar-refractivity contribution < 1.29 is 9.53 Å². The van der Waals surface area contributed by atoms with Crippen LogP contribution >= 0.6 is 15.9 Å². The highest BCUT2D eigenvalue weighted by molar-refractivity contribution is 9.10. The lowest BCUT2D eigenvalue weighted by molar-refractivity contribution is 0.0252.